The first-order valence-corrected chi connectivity index (χ1v) is 5.23. The van der Waals surface area contributed by atoms with Crippen LogP contribution in [0, 0.1) is 23.7 Å². The first kappa shape index (κ1) is 13.9. The first-order valence-electron chi connectivity index (χ1n) is 5.23. The lowest BCUT2D eigenvalue weighted by molar-refractivity contribution is -0.156. The van der Waals surface area contributed by atoms with E-state index in [0.717, 1.165) is 0 Å². The summed E-state index contributed by atoms with van der Waals surface area (Å²) >= 11 is 0. The summed E-state index contributed by atoms with van der Waals surface area (Å²) in [5.41, 5.74) is 0. The molecule has 88 valence electrons. The molecule has 4 heteroatoms. The lowest BCUT2D eigenvalue weighted by atomic mass is 9.79. The molecule has 0 spiro atoms. The maximum atomic E-state index is 11.0. The number of carbonyl (C=O) groups is 2. The Labute approximate surface area is 90.3 Å². The van der Waals surface area contributed by atoms with Crippen LogP contribution < -0.4 is 0 Å². The Morgan fingerprint density at radius 3 is 1.67 bits per heavy atom. The van der Waals surface area contributed by atoms with Crippen LogP contribution in [-0.4, -0.2) is 22.2 Å². The summed E-state index contributed by atoms with van der Waals surface area (Å²) in [6.45, 7) is 7.29. The molecule has 2 N–H and O–H groups in total. The zero-order valence-electron chi connectivity index (χ0n) is 9.73. The highest BCUT2D eigenvalue weighted by molar-refractivity contribution is 5.80. The fraction of sp³-hybridized carbons (Fsp3) is 0.818. The molecule has 1 unspecified atom stereocenters. The van der Waals surface area contributed by atoms with Crippen LogP contribution in [0.5, 0.6) is 0 Å². The van der Waals surface area contributed by atoms with E-state index in [1.54, 1.807) is 13.8 Å². The second kappa shape index (κ2) is 5.73. The van der Waals surface area contributed by atoms with Crippen molar-refractivity contribution >= 4 is 11.9 Å². The highest BCUT2D eigenvalue weighted by Crippen LogP contribution is 2.27. The van der Waals surface area contributed by atoms with Gasteiger partial charge in [-0.25, -0.2) is 0 Å². The van der Waals surface area contributed by atoms with Crippen molar-refractivity contribution in [2.75, 3.05) is 0 Å². The van der Waals surface area contributed by atoms with Crippen LogP contribution in [0.2, 0.25) is 0 Å². The van der Waals surface area contributed by atoms with E-state index in [1.165, 1.54) is 0 Å². The van der Waals surface area contributed by atoms with Gasteiger partial charge in [-0.05, 0) is 18.3 Å². The summed E-state index contributed by atoms with van der Waals surface area (Å²) in [4.78, 5) is 22.0. The van der Waals surface area contributed by atoms with Crippen molar-refractivity contribution in [3.05, 3.63) is 0 Å². The molecule has 0 radical (unpaired) electrons. The van der Waals surface area contributed by atoms with E-state index in [0.29, 0.717) is 6.42 Å². The summed E-state index contributed by atoms with van der Waals surface area (Å²) in [5, 5.41) is 18.0. The van der Waals surface area contributed by atoms with Crippen molar-refractivity contribution in [3.8, 4) is 0 Å². The SMILES string of the molecule is CC(C)C[C@@H](C(=O)O)C(C(=O)O)C(C)C. The van der Waals surface area contributed by atoms with Gasteiger partial charge in [0.15, 0.2) is 0 Å². The van der Waals surface area contributed by atoms with Crippen LogP contribution in [0.25, 0.3) is 0 Å². The smallest absolute Gasteiger partial charge is 0.307 e. The first-order chi connectivity index (χ1) is 6.77. The Kier molecular flexibility index (Phi) is 5.33. The summed E-state index contributed by atoms with van der Waals surface area (Å²) < 4.78 is 0. The molecule has 0 aliphatic carbocycles. The summed E-state index contributed by atoms with van der Waals surface area (Å²) in [6.07, 6.45) is 0.407. The molecule has 15 heavy (non-hydrogen) atoms. The van der Waals surface area contributed by atoms with Crippen LogP contribution in [0.1, 0.15) is 34.1 Å². The summed E-state index contributed by atoms with van der Waals surface area (Å²) in [5.74, 6) is -3.59. The molecule has 0 saturated carbocycles. The molecule has 0 amide bonds. The minimum atomic E-state index is -1.02. The van der Waals surface area contributed by atoms with Gasteiger partial charge in [-0.1, -0.05) is 27.7 Å². The van der Waals surface area contributed by atoms with Gasteiger partial charge < -0.3 is 10.2 Å². The van der Waals surface area contributed by atoms with E-state index in [-0.39, 0.29) is 11.8 Å². The van der Waals surface area contributed by atoms with Crippen LogP contribution in [0.4, 0.5) is 0 Å². The number of aliphatic carboxylic acids is 2. The number of hydrogen-bond acceptors (Lipinski definition) is 2. The fourth-order valence-electron chi connectivity index (χ4n) is 1.83. The van der Waals surface area contributed by atoms with Crippen LogP contribution in [-0.2, 0) is 9.59 Å². The lowest BCUT2D eigenvalue weighted by Crippen LogP contribution is -2.34. The fourth-order valence-corrected chi connectivity index (χ4v) is 1.83. The van der Waals surface area contributed by atoms with Gasteiger partial charge in [0.2, 0.25) is 0 Å². The Bertz CT molecular complexity index is 233. The van der Waals surface area contributed by atoms with Gasteiger partial charge in [0.25, 0.3) is 0 Å². The summed E-state index contributed by atoms with van der Waals surface area (Å²) in [7, 11) is 0. The van der Waals surface area contributed by atoms with E-state index in [4.69, 9.17) is 10.2 Å². The third-order valence-corrected chi connectivity index (χ3v) is 2.48. The van der Waals surface area contributed by atoms with Crippen LogP contribution in [0.15, 0.2) is 0 Å². The largest absolute Gasteiger partial charge is 0.481 e. The highest BCUT2D eigenvalue weighted by atomic mass is 16.4. The highest BCUT2D eigenvalue weighted by Gasteiger charge is 2.36. The molecular formula is C11H20O4. The monoisotopic (exact) mass is 216 g/mol. The van der Waals surface area contributed by atoms with Gasteiger partial charge in [-0.15, -0.1) is 0 Å². The van der Waals surface area contributed by atoms with Crippen LogP contribution >= 0.6 is 0 Å². The van der Waals surface area contributed by atoms with E-state index in [9.17, 15) is 9.59 Å². The Morgan fingerprint density at radius 1 is 1.00 bits per heavy atom. The molecule has 4 nitrogen and oxygen atoms in total. The zero-order valence-corrected chi connectivity index (χ0v) is 9.73. The minimum absolute atomic E-state index is 0.164. The topological polar surface area (TPSA) is 74.6 Å². The number of carboxylic acids is 2. The van der Waals surface area contributed by atoms with E-state index >= 15 is 0 Å². The van der Waals surface area contributed by atoms with E-state index in [2.05, 4.69) is 0 Å². The Balaban J connectivity index is 4.84. The van der Waals surface area contributed by atoms with Gasteiger partial charge in [-0.3, -0.25) is 9.59 Å². The average Bonchev–Trinajstić information content (AvgIpc) is 2.00. The molecule has 0 saturated heterocycles. The molecule has 0 aromatic heterocycles. The van der Waals surface area contributed by atoms with Gasteiger partial charge in [0.1, 0.15) is 0 Å². The van der Waals surface area contributed by atoms with Crippen molar-refractivity contribution in [2.45, 2.75) is 34.1 Å². The quantitative estimate of drug-likeness (QED) is 0.713. The molecule has 0 aromatic carbocycles. The van der Waals surface area contributed by atoms with Crippen molar-refractivity contribution in [1.82, 2.24) is 0 Å². The van der Waals surface area contributed by atoms with Crippen molar-refractivity contribution in [2.24, 2.45) is 23.7 Å². The summed E-state index contributed by atoms with van der Waals surface area (Å²) in [6, 6.07) is 0. The van der Waals surface area contributed by atoms with Crippen molar-refractivity contribution in [1.29, 1.82) is 0 Å². The number of rotatable bonds is 6. The predicted molar refractivity (Wildman–Crippen MR) is 56.5 cm³/mol. The Morgan fingerprint density at radius 2 is 1.47 bits per heavy atom. The Hall–Kier alpha value is -1.06. The average molecular weight is 216 g/mol. The maximum absolute atomic E-state index is 11.0. The normalized spacial score (nSPS) is 15.3. The molecule has 0 aliphatic rings. The van der Waals surface area contributed by atoms with E-state index < -0.39 is 23.8 Å². The number of carboxylic acid groups (broad SMARTS) is 2. The van der Waals surface area contributed by atoms with Gasteiger partial charge >= 0.3 is 11.9 Å². The number of hydrogen-bond donors (Lipinski definition) is 2. The van der Waals surface area contributed by atoms with E-state index in [1.807, 2.05) is 13.8 Å². The van der Waals surface area contributed by atoms with Gasteiger partial charge in [-0.2, -0.15) is 0 Å². The molecule has 0 heterocycles. The molecule has 0 aliphatic heterocycles. The lowest BCUT2D eigenvalue weighted by Gasteiger charge is -2.24. The zero-order chi connectivity index (χ0) is 12.2. The van der Waals surface area contributed by atoms with Crippen molar-refractivity contribution < 1.29 is 19.8 Å². The molecule has 2 atom stereocenters. The molecular weight excluding hydrogens is 196 g/mol. The molecule has 0 bridgehead atoms. The second-order valence-electron chi connectivity index (χ2n) is 4.68. The maximum Gasteiger partial charge on any atom is 0.307 e. The minimum Gasteiger partial charge on any atom is -0.481 e. The standard InChI is InChI=1S/C11H20O4/c1-6(2)5-8(10(12)13)9(7(3)4)11(14)15/h6-9H,5H2,1-4H3,(H,12,13)(H,14,15)/t8-,9?/m1/s1. The molecule has 0 fully saturated rings. The molecule has 0 aromatic rings. The van der Waals surface area contributed by atoms with Crippen LogP contribution in [0.3, 0.4) is 0 Å². The van der Waals surface area contributed by atoms with Gasteiger partial charge in [0, 0.05) is 0 Å². The molecule has 0 rings (SSSR count). The van der Waals surface area contributed by atoms with Gasteiger partial charge in [0.05, 0.1) is 11.8 Å². The van der Waals surface area contributed by atoms with Crippen molar-refractivity contribution in [3.63, 3.8) is 0 Å². The third kappa shape index (κ3) is 4.32. The second-order valence-corrected chi connectivity index (χ2v) is 4.68. The predicted octanol–water partition coefficient (Wildman–Crippen LogP) is 2.09. The third-order valence-electron chi connectivity index (χ3n) is 2.48.